The molecule has 0 amide bonds. The normalized spacial score (nSPS) is 11.9. The topological polar surface area (TPSA) is 109 Å². The van der Waals surface area contributed by atoms with E-state index < -0.39 is 0 Å². The number of fused-ring (bicyclic) bond motifs is 1. The van der Waals surface area contributed by atoms with Gasteiger partial charge in [0.1, 0.15) is 22.8 Å². The van der Waals surface area contributed by atoms with E-state index in [9.17, 15) is 14.3 Å². The molecule has 182 valence electrons. The molecule has 1 atom stereocenters. The second-order valence-electron chi connectivity index (χ2n) is 8.07. The fourth-order valence-electron chi connectivity index (χ4n) is 3.87. The zero-order chi connectivity index (χ0) is 24.9. The lowest BCUT2D eigenvalue weighted by Gasteiger charge is -2.21. The van der Waals surface area contributed by atoms with Crippen molar-refractivity contribution in [3.8, 4) is 22.8 Å². The molecule has 2 aromatic carbocycles. The average Bonchev–Trinajstić information content (AvgIpc) is 2.87. The first-order valence-electron chi connectivity index (χ1n) is 11.2. The number of H-pyrrole nitrogens is 1. The lowest BCUT2D eigenvalue weighted by atomic mass is 10.1. The van der Waals surface area contributed by atoms with Crippen molar-refractivity contribution in [1.29, 1.82) is 0 Å². The van der Waals surface area contributed by atoms with Gasteiger partial charge in [-0.1, -0.05) is 25.1 Å². The fraction of sp³-hybridized carbons (Fsp3) is 0.269. The number of aliphatic hydroxyl groups excluding tert-OH is 1. The van der Waals surface area contributed by atoms with Crippen LogP contribution in [-0.4, -0.2) is 46.9 Å². The highest BCUT2D eigenvalue weighted by Crippen LogP contribution is 2.40. The van der Waals surface area contributed by atoms with Gasteiger partial charge in [-0.15, -0.1) is 0 Å². The number of rotatable bonds is 9. The Labute approximate surface area is 201 Å². The number of halogens is 1. The van der Waals surface area contributed by atoms with Gasteiger partial charge in [0.2, 0.25) is 0 Å². The summed E-state index contributed by atoms with van der Waals surface area (Å²) in [5.74, 6) is 0.897. The van der Waals surface area contributed by atoms with Crippen LogP contribution < -0.4 is 20.3 Å². The smallest absolute Gasteiger partial charge is 0.258 e. The number of benzene rings is 2. The van der Waals surface area contributed by atoms with Crippen molar-refractivity contribution in [2.24, 2.45) is 0 Å². The number of methoxy groups -OCH3 is 2. The van der Waals surface area contributed by atoms with Gasteiger partial charge in [0, 0.05) is 24.2 Å². The van der Waals surface area contributed by atoms with Crippen molar-refractivity contribution in [1.82, 2.24) is 15.0 Å². The number of hydrogen-bond acceptors (Lipinski definition) is 7. The average molecular weight is 479 g/mol. The van der Waals surface area contributed by atoms with Gasteiger partial charge < -0.3 is 24.9 Å². The van der Waals surface area contributed by atoms with Crippen molar-refractivity contribution >= 4 is 16.6 Å². The van der Waals surface area contributed by atoms with E-state index in [1.165, 1.54) is 26.4 Å². The van der Waals surface area contributed by atoms with Crippen LogP contribution in [0.3, 0.4) is 0 Å². The van der Waals surface area contributed by atoms with E-state index in [1.54, 1.807) is 30.5 Å². The quantitative estimate of drug-likeness (QED) is 0.335. The van der Waals surface area contributed by atoms with E-state index in [0.717, 1.165) is 5.56 Å². The monoisotopic (exact) mass is 478 g/mol. The number of aromatic amines is 1. The number of nitrogens with one attached hydrogen (secondary N) is 2. The minimum atomic E-state index is -0.325. The zero-order valence-electron chi connectivity index (χ0n) is 19.8. The zero-order valence-corrected chi connectivity index (χ0v) is 19.8. The van der Waals surface area contributed by atoms with Gasteiger partial charge in [-0.05, 0) is 36.2 Å². The molecule has 3 N–H and O–H groups in total. The molecule has 0 fully saturated rings. The summed E-state index contributed by atoms with van der Waals surface area (Å²) in [6.07, 6.45) is 2.65. The Morgan fingerprint density at radius 3 is 2.63 bits per heavy atom. The van der Waals surface area contributed by atoms with Gasteiger partial charge in [-0.25, -0.2) is 9.37 Å². The Morgan fingerprint density at radius 1 is 1.17 bits per heavy atom. The maximum absolute atomic E-state index is 13.5. The first kappa shape index (κ1) is 24.2. The summed E-state index contributed by atoms with van der Waals surface area (Å²) in [7, 11) is 3.00. The number of aliphatic hydroxyl groups is 1. The molecule has 0 bridgehead atoms. The summed E-state index contributed by atoms with van der Waals surface area (Å²) in [6.45, 7) is 1.84. The summed E-state index contributed by atoms with van der Waals surface area (Å²) in [5.41, 5.74) is 2.72. The third kappa shape index (κ3) is 5.09. The number of hydrogen-bond donors (Lipinski definition) is 3. The van der Waals surface area contributed by atoms with Crippen LogP contribution in [0.2, 0.25) is 0 Å². The second kappa shape index (κ2) is 10.5. The number of anilines is 1. The van der Waals surface area contributed by atoms with Crippen molar-refractivity contribution in [2.45, 2.75) is 25.8 Å². The molecule has 1 unspecified atom stereocenters. The van der Waals surface area contributed by atoms with Gasteiger partial charge in [0.15, 0.2) is 11.5 Å². The van der Waals surface area contributed by atoms with E-state index in [0.29, 0.717) is 58.0 Å². The first-order chi connectivity index (χ1) is 17.0. The van der Waals surface area contributed by atoms with E-state index >= 15 is 0 Å². The van der Waals surface area contributed by atoms with Gasteiger partial charge in [0.25, 0.3) is 5.56 Å². The molecule has 0 saturated heterocycles. The molecule has 4 aromatic rings. The molecular weight excluding hydrogens is 451 g/mol. The molecule has 9 heteroatoms. The van der Waals surface area contributed by atoms with Crippen LogP contribution in [0.5, 0.6) is 11.5 Å². The summed E-state index contributed by atoms with van der Waals surface area (Å²) in [5, 5.41) is 13.3. The van der Waals surface area contributed by atoms with Crippen molar-refractivity contribution < 1.29 is 19.0 Å². The highest BCUT2D eigenvalue weighted by molar-refractivity contribution is 5.96. The predicted octanol–water partition coefficient (Wildman–Crippen LogP) is 3.92. The molecule has 4 rings (SSSR count). The SMILES string of the molecule is CCC(CO)Nc1c(OC)c(OC)cc2c(=O)[nH]c(Cc3ccc(-c4cccc(F)c4)nc3)nc12. The molecule has 8 nitrogen and oxygen atoms in total. The van der Waals surface area contributed by atoms with Crippen molar-refractivity contribution in [3.05, 3.63) is 76.2 Å². The van der Waals surface area contributed by atoms with Crippen LogP contribution in [0.15, 0.2) is 53.5 Å². The van der Waals surface area contributed by atoms with Gasteiger partial charge >= 0.3 is 0 Å². The third-order valence-corrected chi connectivity index (χ3v) is 5.77. The standard InChI is InChI=1S/C26H27FN4O4/c1-4-18(14-32)29-24-23-19(12-21(34-2)25(24)35-3)26(33)31-22(30-23)10-15-8-9-20(28-13-15)16-6-5-7-17(27)11-16/h5-9,11-13,18,29,32H,4,10,14H2,1-3H3,(H,30,31,33). The highest BCUT2D eigenvalue weighted by Gasteiger charge is 2.21. The van der Waals surface area contributed by atoms with E-state index in [2.05, 4.69) is 15.3 Å². The predicted molar refractivity (Wildman–Crippen MR) is 133 cm³/mol. The second-order valence-corrected chi connectivity index (χ2v) is 8.07. The maximum Gasteiger partial charge on any atom is 0.258 e. The summed E-state index contributed by atoms with van der Waals surface area (Å²) in [4.78, 5) is 25.0. The minimum absolute atomic E-state index is 0.0995. The Kier molecular flexibility index (Phi) is 7.26. The van der Waals surface area contributed by atoms with Crippen LogP contribution in [0.25, 0.3) is 22.2 Å². The first-order valence-corrected chi connectivity index (χ1v) is 11.2. The summed E-state index contributed by atoms with van der Waals surface area (Å²) >= 11 is 0. The minimum Gasteiger partial charge on any atom is -0.493 e. The molecule has 0 radical (unpaired) electrons. The number of nitrogens with zero attached hydrogens (tertiary/aromatic N) is 2. The molecule has 2 heterocycles. The molecule has 2 aromatic heterocycles. The Morgan fingerprint density at radius 2 is 2.00 bits per heavy atom. The molecule has 0 saturated carbocycles. The van der Waals surface area contributed by atoms with Crippen molar-refractivity contribution in [3.63, 3.8) is 0 Å². The third-order valence-electron chi connectivity index (χ3n) is 5.77. The number of ether oxygens (including phenoxy) is 2. The highest BCUT2D eigenvalue weighted by atomic mass is 19.1. The largest absolute Gasteiger partial charge is 0.493 e. The molecule has 0 aliphatic rings. The van der Waals surface area contributed by atoms with Crippen LogP contribution in [0.1, 0.15) is 24.7 Å². The van der Waals surface area contributed by atoms with E-state index in [1.807, 2.05) is 13.0 Å². The van der Waals surface area contributed by atoms with Gasteiger partial charge in [-0.2, -0.15) is 0 Å². The molecule has 0 spiro atoms. The van der Waals surface area contributed by atoms with Crippen LogP contribution in [0.4, 0.5) is 10.1 Å². The Bertz CT molecular complexity index is 1380. The van der Waals surface area contributed by atoms with Crippen LogP contribution in [0, 0.1) is 5.82 Å². The molecule has 35 heavy (non-hydrogen) atoms. The maximum atomic E-state index is 13.5. The Hall–Kier alpha value is -3.98. The number of aromatic nitrogens is 3. The molecular formula is C26H27FN4O4. The fourth-order valence-corrected chi connectivity index (χ4v) is 3.87. The lowest BCUT2D eigenvalue weighted by Crippen LogP contribution is -2.24. The summed E-state index contributed by atoms with van der Waals surface area (Å²) < 4.78 is 24.5. The summed E-state index contributed by atoms with van der Waals surface area (Å²) in [6, 6.07) is 11.2. The van der Waals surface area contributed by atoms with Crippen LogP contribution in [-0.2, 0) is 6.42 Å². The lowest BCUT2D eigenvalue weighted by molar-refractivity contribution is 0.271. The van der Waals surface area contributed by atoms with E-state index in [4.69, 9.17) is 14.5 Å². The molecule has 0 aliphatic heterocycles. The Balaban J connectivity index is 1.74. The molecule has 0 aliphatic carbocycles. The van der Waals surface area contributed by atoms with Gasteiger partial charge in [0.05, 0.1) is 31.9 Å². The van der Waals surface area contributed by atoms with Crippen molar-refractivity contribution in [2.75, 3.05) is 26.1 Å². The number of pyridine rings is 1. The van der Waals surface area contributed by atoms with Gasteiger partial charge in [-0.3, -0.25) is 9.78 Å². The van der Waals surface area contributed by atoms with Crippen LogP contribution >= 0.6 is 0 Å². The van der Waals surface area contributed by atoms with E-state index in [-0.39, 0.29) is 24.0 Å².